The van der Waals surface area contributed by atoms with Crippen molar-refractivity contribution in [1.29, 1.82) is 0 Å². The summed E-state index contributed by atoms with van der Waals surface area (Å²) < 4.78 is 1.06. The number of nitrogens with zero attached hydrogens (tertiary/aromatic N) is 1. The third kappa shape index (κ3) is 2.74. The number of halogens is 1. The minimum absolute atomic E-state index is 0.0841. The van der Waals surface area contributed by atoms with Crippen LogP contribution in [-0.4, -0.2) is 11.7 Å². The number of aliphatic hydroxyl groups excluding tert-OH is 1. The van der Waals surface area contributed by atoms with E-state index >= 15 is 0 Å². The highest BCUT2D eigenvalue weighted by Gasteiger charge is 2.16. The molecule has 2 aromatic carbocycles. The summed E-state index contributed by atoms with van der Waals surface area (Å²) >= 11 is 3.54. The number of aryl methyl sites for hydroxylation is 1. The Morgan fingerprint density at radius 1 is 1.10 bits per heavy atom. The summed E-state index contributed by atoms with van der Waals surface area (Å²) in [4.78, 5) is 2.38. The minimum atomic E-state index is 0.0841. The van der Waals surface area contributed by atoms with Crippen LogP contribution in [0.15, 0.2) is 46.9 Å². The van der Waals surface area contributed by atoms with Crippen LogP contribution in [0.1, 0.15) is 23.1 Å². The standard InChI is InChI=1S/C17H18BrNO/c18-16-8-7-15(12-20)17(10-16)19-9-3-6-13-4-1-2-5-14(13)11-19/h1-2,4-5,7-8,10,20H,3,6,9,11-12H2. The Balaban J connectivity index is 1.97. The zero-order chi connectivity index (χ0) is 13.9. The van der Waals surface area contributed by atoms with E-state index in [2.05, 4.69) is 51.2 Å². The molecule has 0 saturated carbocycles. The number of fused-ring (bicyclic) bond motifs is 1. The van der Waals surface area contributed by atoms with Gasteiger partial charge in [0.1, 0.15) is 0 Å². The van der Waals surface area contributed by atoms with E-state index in [1.807, 2.05) is 12.1 Å². The third-order valence-corrected chi connectivity index (χ3v) is 4.41. The number of aliphatic hydroxyl groups is 1. The maximum Gasteiger partial charge on any atom is 0.0702 e. The molecule has 0 fully saturated rings. The predicted octanol–water partition coefficient (Wildman–Crippen LogP) is 3.89. The van der Waals surface area contributed by atoms with Gasteiger partial charge in [-0.05, 0) is 36.1 Å². The summed E-state index contributed by atoms with van der Waals surface area (Å²) in [6.07, 6.45) is 2.28. The van der Waals surface area contributed by atoms with E-state index in [4.69, 9.17) is 0 Å². The molecule has 1 N–H and O–H groups in total. The van der Waals surface area contributed by atoms with Gasteiger partial charge in [0.15, 0.2) is 0 Å². The summed E-state index contributed by atoms with van der Waals surface area (Å²) in [5.41, 5.74) is 4.98. The van der Waals surface area contributed by atoms with Crippen molar-refractivity contribution in [2.45, 2.75) is 26.0 Å². The van der Waals surface area contributed by atoms with Crippen LogP contribution in [0.3, 0.4) is 0 Å². The van der Waals surface area contributed by atoms with Crippen LogP contribution < -0.4 is 4.90 Å². The molecule has 3 rings (SSSR count). The van der Waals surface area contributed by atoms with Gasteiger partial charge in [0.25, 0.3) is 0 Å². The number of benzene rings is 2. The fourth-order valence-electron chi connectivity index (χ4n) is 2.87. The van der Waals surface area contributed by atoms with Crippen molar-refractivity contribution in [1.82, 2.24) is 0 Å². The fraction of sp³-hybridized carbons (Fsp3) is 0.294. The monoisotopic (exact) mass is 331 g/mol. The SMILES string of the molecule is OCc1ccc(Br)cc1N1CCCc2ccccc2C1. The molecule has 0 saturated heterocycles. The molecule has 0 aliphatic carbocycles. The Kier molecular flexibility index (Phi) is 4.08. The first-order chi connectivity index (χ1) is 9.78. The van der Waals surface area contributed by atoms with E-state index in [1.165, 1.54) is 11.1 Å². The van der Waals surface area contributed by atoms with Crippen LogP contribution in [0.4, 0.5) is 5.69 Å². The van der Waals surface area contributed by atoms with Gasteiger partial charge in [0.2, 0.25) is 0 Å². The van der Waals surface area contributed by atoms with Crippen LogP contribution >= 0.6 is 15.9 Å². The molecule has 0 atom stereocenters. The average Bonchev–Trinajstić information content (AvgIpc) is 2.69. The molecule has 3 heteroatoms. The normalized spacial score (nSPS) is 14.8. The van der Waals surface area contributed by atoms with E-state index in [9.17, 15) is 5.11 Å². The van der Waals surface area contributed by atoms with Gasteiger partial charge in [-0.1, -0.05) is 46.3 Å². The molecule has 0 amide bonds. The number of anilines is 1. The molecule has 20 heavy (non-hydrogen) atoms. The molecule has 1 aliphatic heterocycles. The average molecular weight is 332 g/mol. The zero-order valence-electron chi connectivity index (χ0n) is 11.3. The van der Waals surface area contributed by atoms with Crippen LogP contribution in [0.5, 0.6) is 0 Å². The smallest absolute Gasteiger partial charge is 0.0702 e. The molecule has 1 heterocycles. The lowest BCUT2D eigenvalue weighted by atomic mass is 10.0. The van der Waals surface area contributed by atoms with E-state index < -0.39 is 0 Å². The van der Waals surface area contributed by atoms with Gasteiger partial charge in [-0.25, -0.2) is 0 Å². The first-order valence-corrected chi connectivity index (χ1v) is 7.78. The molecule has 0 radical (unpaired) electrons. The summed E-state index contributed by atoms with van der Waals surface area (Å²) in [7, 11) is 0. The number of hydrogen-bond donors (Lipinski definition) is 1. The molecule has 0 spiro atoms. The molecular formula is C17H18BrNO. The molecule has 0 bridgehead atoms. The first-order valence-electron chi connectivity index (χ1n) is 6.99. The van der Waals surface area contributed by atoms with Crippen LogP contribution in [0.2, 0.25) is 0 Å². The van der Waals surface area contributed by atoms with Crippen LogP contribution in [0.25, 0.3) is 0 Å². The van der Waals surface area contributed by atoms with Gasteiger partial charge >= 0.3 is 0 Å². The Hall–Kier alpha value is -1.32. The molecule has 0 unspecified atom stereocenters. The number of hydrogen-bond acceptors (Lipinski definition) is 2. The lowest BCUT2D eigenvalue weighted by Crippen LogP contribution is -2.23. The maximum atomic E-state index is 9.56. The highest BCUT2D eigenvalue weighted by Crippen LogP contribution is 2.29. The molecule has 0 aromatic heterocycles. The van der Waals surface area contributed by atoms with E-state index in [1.54, 1.807) is 0 Å². The lowest BCUT2D eigenvalue weighted by molar-refractivity contribution is 0.282. The van der Waals surface area contributed by atoms with Crippen molar-refractivity contribution < 1.29 is 5.11 Å². The lowest BCUT2D eigenvalue weighted by Gasteiger charge is -2.25. The largest absolute Gasteiger partial charge is 0.392 e. The van der Waals surface area contributed by atoms with Gasteiger partial charge in [-0.3, -0.25) is 0 Å². The summed E-state index contributed by atoms with van der Waals surface area (Å²) in [6.45, 7) is 2.03. The molecule has 2 aromatic rings. The maximum absolute atomic E-state index is 9.56. The Bertz CT molecular complexity index is 612. The van der Waals surface area contributed by atoms with Gasteiger partial charge in [-0.2, -0.15) is 0 Å². The second-order valence-electron chi connectivity index (χ2n) is 5.22. The second-order valence-corrected chi connectivity index (χ2v) is 6.14. The van der Waals surface area contributed by atoms with Crippen molar-refractivity contribution in [3.05, 3.63) is 63.6 Å². The van der Waals surface area contributed by atoms with Gasteiger partial charge in [-0.15, -0.1) is 0 Å². The van der Waals surface area contributed by atoms with E-state index in [0.717, 1.165) is 41.7 Å². The fourth-order valence-corrected chi connectivity index (χ4v) is 3.22. The predicted molar refractivity (Wildman–Crippen MR) is 85.9 cm³/mol. The van der Waals surface area contributed by atoms with E-state index in [0.29, 0.717) is 0 Å². The highest BCUT2D eigenvalue weighted by molar-refractivity contribution is 9.10. The van der Waals surface area contributed by atoms with E-state index in [-0.39, 0.29) is 6.61 Å². The molecule has 2 nitrogen and oxygen atoms in total. The first kappa shape index (κ1) is 13.7. The van der Waals surface area contributed by atoms with Crippen LogP contribution in [0, 0.1) is 0 Å². The highest BCUT2D eigenvalue weighted by atomic mass is 79.9. The Morgan fingerprint density at radius 3 is 2.70 bits per heavy atom. The zero-order valence-corrected chi connectivity index (χ0v) is 12.9. The summed E-state index contributed by atoms with van der Waals surface area (Å²) in [6, 6.07) is 14.8. The summed E-state index contributed by atoms with van der Waals surface area (Å²) in [5, 5.41) is 9.56. The minimum Gasteiger partial charge on any atom is -0.392 e. The van der Waals surface area contributed by atoms with Gasteiger partial charge < -0.3 is 10.0 Å². The summed E-state index contributed by atoms with van der Waals surface area (Å²) in [5.74, 6) is 0. The Morgan fingerprint density at radius 2 is 1.90 bits per heavy atom. The molecular weight excluding hydrogens is 314 g/mol. The number of rotatable bonds is 2. The topological polar surface area (TPSA) is 23.5 Å². The third-order valence-electron chi connectivity index (χ3n) is 3.91. The van der Waals surface area contributed by atoms with Gasteiger partial charge in [0.05, 0.1) is 6.61 Å². The van der Waals surface area contributed by atoms with Crippen molar-refractivity contribution in [3.63, 3.8) is 0 Å². The quantitative estimate of drug-likeness (QED) is 0.902. The second kappa shape index (κ2) is 5.98. The van der Waals surface area contributed by atoms with Gasteiger partial charge in [0, 0.05) is 28.8 Å². The van der Waals surface area contributed by atoms with Crippen molar-refractivity contribution >= 4 is 21.6 Å². The van der Waals surface area contributed by atoms with Crippen LogP contribution in [-0.2, 0) is 19.6 Å². The molecule has 1 aliphatic rings. The van der Waals surface area contributed by atoms with Crippen molar-refractivity contribution in [2.24, 2.45) is 0 Å². The molecule has 104 valence electrons. The van der Waals surface area contributed by atoms with Crippen molar-refractivity contribution in [2.75, 3.05) is 11.4 Å². The Labute approximate surface area is 128 Å². The van der Waals surface area contributed by atoms with Crippen molar-refractivity contribution in [3.8, 4) is 0 Å².